The second kappa shape index (κ2) is 5.36. The predicted molar refractivity (Wildman–Crippen MR) is 73.5 cm³/mol. The SMILES string of the molecule is COc1ccc(CN2C(=O)C(C)=C(C)C2=O)c(OC)c1. The van der Waals surface area contributed by atoms with E-state index in [1.807, 2.05) is 0 Å². The molecule has 0 atom stereocenters. The molecule has 0 saturated heterocycles. The molecule has 0 radical (unpaired) electrons. The summed E-state index contributed by atoms with van der Waals surface area (Å²) < 4.78 is 10.4. The molecule has 0 aliphatic carbocycles. The van der Waals surface area contributed by atoms with Crippen molar-refractivity contribution in [2.45, 2.75) is 20.4 Å². The maximum atomic E-state index is 12.0. The molecule has 5 heteroatoms. The van der Waals surface area contributed by atoms with Gasteiger partial charge >= 0.3 is 0 Å². The second-order valence-electron chi connectivity index (χ2n) is 4.62. The number of ether oxygens (including phenoxy) is 2. The number of imide groups is 1. The third-order valence-corrected chi connectivity index (χ3v) is 3.52. The molecule has 20 heavy (non-hydrogen) atoms. The van der Waals surface area contributed by atoms with Gasteiger partial charge in [0, 0.05) is 22.8 Å². The summed E-state index contributed by atoms with van der Waals surface area (Å²) in [7, 11) is 3.11. The van der Waals surface area contributed by atoms with Gasteiger partial charge in [-0.15, -0.1) is 0 Å². The summed E-state index contributed by atoms with van der Waals surface area (Å²) in [4.78, 5) is 25.3. The van der Waals surface area contributed by atoms with E-state index in [0.29, 0.717) is 22.6 Å². The fraction of sp³-hybridized carbons (Fsp3) is 0.333. The number of hydrogen-bond acceptors (Lipinski definition) is 4. The highest BCUT2D eigenvalue weighted by Crippen LogP contribution is 2.28. The van der Waals surface area contributed by atoms with Crippen molar-refractivity contribution in [3.63, 3.8) is 0 Å². The fourth-order valence-corrected chi connectivity index (χ4v) is 2.11. The molecule has 5 nitrogen and oxygen atoms in total. The van der Waals surface area contributed by atoms with Crippen molar-refractivity contribution < 1.29 is 19.1 Å². The number of carbonyl (C=O) groups is 2. The minimum absolute atomic E-state index is 0.194. The van der Waals surface area contributed by atoms with Crippen molar-refractivity contribution >= 4 is 11.8 Å². The number of benzene rings is 1. The van der Waals surface area contributed by atoms with Crippen molar-refractivity contribution in [3.8, 4) is 11.5 Å². The average molecular weight is 275 g/mol. The molecular formula is C15H17NO4. The lowest BCUT2D eigenvalue weighted by molar-refractivity contribution is -0.138. The third-order valence-electron chi connectivity index (χ3n) is 3.52. The van der Waals surface area contributed by atoms with Crippen LogP contribution in [0.3, 0.4) is 0 Å². The smallest absolute Gasteiger partial charge is 0.257 e. The van der Waals surface area contributed by atoms with Crippen LogP contribution >= 0.6 is 0 Å². The van der Waals surface area contributed by atoms with E-state index in [0.717, 1.165) is 5.56 Å². The van der Waals surface area contributed by atoms with E-state index >= 15 is 0 Å². The van der Waals surface area contributed by atoms with Gasteiger partial charge in [-0.1, -0.05) is 0 Å². The van der Waals surface area contributed by atoms with Crippen molar-refractivity contribution in [1.29, 1.82) is 0 Å². The van der Waals surface area contributed by atoms with E-state index < -0.39 is 0 Å². The lowest BCUT2D eigenvalue weighted by Crippen LogP contribution is -2.31. The van der Waals surface area contributed by atoms with Crippen LogP contribution in [0.15, 0.2) is 29.3 Å². The van der Waals surface area contributed by atoms with Crippen LogP contribution in [0.2, 0.25) is 0 Å². The average Bonchev–Trinajstić information content (AvgIpc) is 2.65. The quantitative estimate of drug-likeness (QED) is 0.788. The lowest BCUT2D eigenvalue weighted by Gasteiger charge is -2.17. The van der Waals surface area contributed by atoms with E-state index in [-0.39, 0.29) is 18.4 Å². The zero-order valence-electron chi connectivity index (χ0n) is 12.0. The van der Waals surface area contributed by atoms with Crippen LogP contribution < -0.4 is 9.47 Å². The first-order chi connectivity index (χ1) is 9.49. The molecule has 0 unspecified atom stereocenters. The van der Waals surface area contributed by atoms with E-state index in [1.54, 1.807) is 46.3 Å². The normalized spacial score (nSPS) is 15.1. The summed E-state index contributed by atoms with van der Waals surface area (Å²) >= 11 is 0. The van der Waals surface area contributed by atoms with E-state index in [9.17, 15) is 9.59 Å². The summed E-state index contributed by atoms with van der Waals surface area (Å²) in [6.07, 6.45) is 0. The van der Waals surface area contributed by atoms with Gasteiger partial charge in [0.25, 0.3) is 11.8 Å². The standard InChI is InChI=1S/C15H17NO4/c1-9-10(2)15(18)16(14(9)17)8-11-5-6-12(19-3)7-13(11)20-4/h5-7H,8H2,1-4H3. The first-order valence-electron chi connectivity index (χ1n) is 6.24. The number of rotatable bonds is 4. The largest absolute Gasteiger partial charge is 0.497 e. The number of carbonyl (C=O) groups excluding carboxylic acids is 2. The molecular weight excluding hydrogens is 258 g/mol. The Bertz CT molecular complexity index is 580. The predicted octanol–water partition coefficient (Wildman–Crippen LogP) is 1.91. The van der Waals surface area contributed by atoms with Gasteiger partial charge in [0.15, 0.2) is 0 Å². The Kier molecular flexibility index (Phi) is 3.79. The Morgan fingerprint density at radius 2 is 1.60 bits per heavy atom. The molecule has 0 aromatic heterocycles. The molecule has 1 aliphatic rings. The number of nitrogens with zero attached hydrogens (tertiary/aromatic N) is 1. The third kappa shape index (κ3) is 2.27. The molecule has 0 saturated carbocycles. The molecule has 1 aromatic carbocycles. The second-order valence-corrected chi connectivity index (χ2v) is 4.62. The maximum Gasteiger partial charge on any atom is 0.257 e. The molecule has 0 bridgehead atoms. The van der Waals surface area contributed by atoms with E-state index in [2.05, 4.69) is 0 Å². The van der Waals surface area contributed by atoms with E-state index in [1.165, 1.54) is 4.90 Å². The first kappa shape index (κ1) is 14.1. The van der Waals surface area contributed by atoms with Crippen LogP contribution in [0.4, 0.5) is 0 Å². The zero-order chi connectivity index (χ0) is 14.9. The van der Waals surface area contributed by atoms with Crippen molar-refractivity contribution in [2.75, 3.05) is 14.2 Å². The van der Waals surface area contributed by atoms with Gasteiger partial charge in [-0.2, -0.15) is 0 Å². The van der Waals surface area contributed by atoms with Crippen LogP contribution in [-0.2, 0) is 16.1 Å². The Morgan fingerprint density at radius 3 is 2.10 bits per heavy atom. The molecule has 2 amide bonds. The highest BCUT2D eigenvalue weighted by molar-refractivity contribution is 6.18. The minimum atomic E-state index is -0.245. The van der Waals surface area contributed by atoms with Gasteiger partial charge in [0.2, 0.25) is 0 Å². The van der Waals surface area contributed by atoms with Gasteiger partial charge in [-0.25, -0.2) is 0 Å². The first-order valence-corrected chi connectivity index (χ1v) is 6.24. The molecule has 0 fully saturated rings. The highest BCUT2D eigenvalue weighted by atomic mass is 16.5. The molecule has 0 N–H and O–H groups in total. The fourth-order valence-electron chi connectivity index (χ4n) is 2.11. The molecule has 106 valence electrons. The summed E-state index contributed by atoms with van der Waals surface area (Å²) in [6, 6.07) is 5.30. The number of methoxy groups -OCH3 is 2. The number of hydrogen-bond donors (Lipinski definition) is 0. The monoisotopic (exact) mass is 275 g/mol. The Labute approximate surface area is 117 Å². The summed E-state index contributed by atoms with van der Waals surface area (Å²) in [5.74, 6) is 0.762. The summed E-state index contributed by atoms with van der Waals surface area (Å²) in [5.41, 5.74) is 1.77. The molecule has 1 aromatic rings. The van der Waals surface area contributed by atoms with Gasteiger partial charge in [0.1, 0.15) is 11.5 Å². The molecule has 1 heterocycles. The maximum absolute atomic E-state index is 12.0. The summed E-state index contributed by atoms with van der Waals surface area (Å²) in [5, 5.41) is 0. The van der Waals surface area contributed by atoms with Crippen molar-refractivity contribution in [1.82, 2.24) is 4.90 Å². The van der Waals surface area contributed by atoms with Crippen molar-refractivity contribution in [3.05, 3.63) is 34.9 Å². The Morgan fingerprint density at radius 1 is 1.00 bits per heavy atom. The van der Waals surface area contributed by atoms with Gasteiger partial charge in [0.05, 0.1) is 20.8 Å². The number of amides is 2. The summed E-state index contributed by atoms with van der Waals surface area (Å²) in [6.45, 7) is 3.53. The molecule has 1 aliphatic heterocycles. The van der Waals surface area contributed by atoms with Crippen LogP contribution in [0.5, 0.6) is 11.5 Å². The highest BCUT2D eigenvalue weighted by Gasteiger charge is 2.33. The van der Waals surface area contributed by atoms with Gasteiger partial charge in [-0.05, 0) is 26.0 Å². The Hall–Kier alpha value is -2.30. The minimum Gasteiger partial charge on any atom is -0.497 e. The Balaban J connectivity index is 2.28. The molecule has 2 rings (SSSR count). The van der Waals surface area contributed by atoms with Crippen LogP contribution in [-0.4, -0.2) is 30.9 Å². The zero-order valence-corrected chi connectivity index (χ0v) is 12.0. The van der Waals surface area contributed by atoms with Crippen LogP contribution in [0, 0.1) is 0 Å². The lowest BCUT2D eigenvalue weighted by atomic mass is 10.1. The molecule has 0 spiro atoms. The van der Waals surface area contributed by atoms with Gasteiger partial charge < -0.3 is 9.47 Å². The topological polar surface area (TPSA) is 55.8 Å². The van der Waals surface area contributed by atoms with Crippen LogP contribution in [0.25, 0.3) is 0 Å². The van der Waals surface area contributed by atoms with E-state index in [4.69, 9.17) is 9.47 Å². The van der Waals surface area contributed by atoms with Gasteiger partial charge in [-0.3, -0.25) is 14.5 Å². The van der Waals surface area contributed by atoms with Crippen molar-refractivity contribution in [2.24, 2.45) is 0 Å². The van der Waals surface area contributed by atoms with Crippen LogP contribution in [0.1, 0.15) is 19.4 Å².